The first-order valence-corrected chi connectivity index (χ1v) is 7.03. The van der Waals surface area contributed by atoms with Gasteiger partial charge in [0.25, 0.3) is 0 Å². The Morgan fingerprint density at radius 2 is 1.54 bits per heavy atom. The topological polar surface area (TPSA) is 87.4 Å². The number of benzene rings is 2. The van der Waals surface area contributed by atoms with Gasteiger partial charge in [-0.2, -0.15) is 0 Å². The Morgan fingerprint density at radius 1 is 0.875 bits per heavy atom. The van der Waals surface area contributed by atoms with E-state index in [1.807, 2.05) is 0 Å². The molecule has 3 rings (SSSR count). The zero-order chi connectivity index (χ0) is 17.4. The van der Waals surface area contributed by atoms with Gasteiger partial charge in [-0.1, -0.05) is 6.07 Å². The molecule has 0 aliphatic carbocycles. The van der Waals surface area contributed by atoms with Gasteiger partial charge < -0.3 is 28.5 Å². The van der Waals surface area contributed by atoms with E-state index in [0.717, 1.165) is 0 Å². The van der Waals surface area contributed by atoms with Crippen molar-refractivity contribution in [2.75, 3.05) is 28.4 Å². The first-order valence-electron chi connectivity index (χ1n) is 7.03. The molecule has 3 aromatic rings. The summed E-state index contributed by atoms with van der Waals surface area (Å²) in [6, 6.07) is 4.95. The summed E-state index contributed by atoms with van der Waals surface area (Å²) in [4.78, 5) is 13.0. The molecule has 1 aromatic heterocycles. The van der Waals surface area contributed by atoms with E-state index in [-0.39, 0.29) is 44.9 Å². The van der Waals surface area contributed by atoms with Gasteiger partial charge in [0.2, 0.25) is 22.7 Å². The van der Waals surface area contributed by atoms with E-state index >= 15 is 0 Å². The van der Waals surface area contributed by atoms with Crippen LogP contribution in [0.2, 0.25) is 0 Å². The molecule has 1 N–H and O–H groups in total. The predicted molar refractivity (Wildman–Crippen MR) is 87.9 cm³/mol. The molecule has 0 saturated carbocycles. The smallest absolute Gasteiger partial charge is 0.211 e. The SMILES string of the molecule is COc1c(OC)c(OC)c2c(=O)c3c(OC)cccc3oc2c1O. The largest absolute Gasteiger partial charge is 0.502 e. The Labute approximate surface area is 136 Å². The molecule has 7 nitrogen and oxygen atoms in total. The molecule has 24 heavy (non-hydrogen) atoms. The number of rotatable bonds is 4. The number of phenolic OH excluding ortho intramolecular Hbond substituents is 1. The van der Waals surface area contributed by atoms with E-state index in [1.165, 1.54) is 28.4 Å². The predicted octanol–water partition coefficient (Wildman–Crippen LogP) is 2.69. The summed E-state index contributed by atoms with van der Waals surface area (Å²) >= 11 is 0. The van der Waals surface area contributed by atoms with Crippen molar-refractivity contribution in [3.63, 3.8) is 0 Å². The van der Waals surface area contributed by atoms with Crippen molar-refractivity contribution in [2.24, 2.45) is 0 Å². The zero-order valence-corrected chi connectivity index (χ0v) is 13.6. The van der Waals surface area contributed by atoms with Crippen LogP contribution in [-0.2, 0) is 0 Å². The third-order valence-corrected chi connectivity index (χ3v) is 3.78. The maximum Gasteiger partial charge on any atom is 0.211 e. The maximum atomic E-state index is 13.0. The van der Waals surface area contributed by atoms with Crippen LogP contribution in [0.3, 0.4) is 0 Å². The van der Waals surface area contributed by atoms with Crippen molar-refractivity contribution in [1.82, 2.24) is 0 Å². The van der Waals surface area contributed by atoms with Gasteiger partial charge in [0.1, 0.15) is 22.1 Å². The quantitative estimate of drug-likeness (QED) is 0.735. The lowest BCUT2D eigenvalue weighted by atomic mass is 10.1. The molecule has 0 bridgehead atoms. The number of fused-ring (bicyclic) bond motifs is 2. The Kier molecular flexibility index (Phi) is 3.84. The molecule has 0 saturated heterocycles. The molecule has 2 aromatic carbocycles. The molecule has 0 fully saturated rings. The lowest BCUT2D eigenvalue weighted by Crippen LogP contribution is -2.07. The first kappa shape index (κ1) is 15.8. The van der Waals surface area contributed by atoms with Crippen LogP contribution >= 0.6 is 0 Å². The van der Waals surface area contributed by atoms with E-state index in [1.54, 1.807) is 18.2 Å². The Balaban J connectivity index is 2.64. The average Bonchev–Trinajstić information content (AvgIpc) is 2.61. The minimum atomic E-state index is -0.406. The van der Waals surface area contributed by atoms with Gasteiger partial charge in [-0.25, -0.2) is 0 Å². The highest BCUT2D eigenvalue weighted by Crippen LogP contribution is 2.50. The number of aromatic hydroxyl groups is 1. The fourth-order valence-corrected chi connectivity index (χ4v) is 2.75. The lowest BCUT2D eigenvalue weighted by Gasteiger charge is -2.16. The number of ether oxygens (including phenoxy) is 4. The molecule has 0 aliphatic heterocycles. The van der Waals surface area contributed by atoms with Crippen LogP contribution in [0.25, 0.3) is 21.9 Å². The zero-order valence-electron chi connectivity index (χ0n) is 13.6. The third kappa shape index (κ3) is 2.01. The summed E-state index contributed by atoms with van der Waals surface area (Å²) in [6.07, 6.45) is 0. The molecule has 0 radical (unpaired) electrons. The standard InChI is InChI=1S/C17H16O7/c1-20-8-6-5-7-9-10(8)12(18)11-14(24-9)13(19)16(22-3)17(23-4)15(11)21-2/h5-7,19H,1-4H3. The number of methoxy groups -OCH3 is 4. The Morgan fingerprint density at radius 3 is 2.12 bits per heavy atom. The third-order valence-electron chi connectivity index (χ3n) is 3.78. The molecule has 1 heterocycles. The van der Waals surface area contributed by atoms with Crippen molar-refractivity contribution in [3.8, 4) is 28.7 Å². The second kappa shape index (κ2) is 5.84. The van der Waals surface area contributed by atoms with Crippen molar-refractivity contribution in [1.29, 1.82) is 0 Å². The second-order valence-electron chi connectivity index (χ2n) is 4.92. The number of hydrogen-bond donors (Lipinski definition) is 1. The van der Waals surface area contributed by atoms with Crippen LogP contribution in [0.4, 0.5) is 0 Å². The summed E-state index contributed by atoms with van der Waals surface area (Å²) in [5, 5.41) is 10.8. The fourth-order valence-electron chi connectivity index (χ4n) is 2.75. The van der Waals surface area contributed by atoms with Crippen LogP contribution in [0.15, 0.2) is 27.4 Å². The molecule has 7 heteroatoms. The van der Waals surface area contributed by atoms with Gasteiger partial charge in [0, 0.05) is 0 Å². The van der Waals surface area contributed by atoms with Crippen LogP contribution < -0.4 is 24.4 Å². The monoisotopic (exact) mass is 332 g/mol. The van der Waals surface area contributed by atoms with Gasteiger partial charge in [0.05, 0.1) is 28.4 Å². The van der Waals surface area contributed by atoms with Gasteiger partial charge >= 0.3 is 0 Å². The van der Waals surface area contributed by atoms with E-state index in [9.17, 15) is 9.90 Å². The van der Waals surface area contributed by atoms with E-state index in [0.29, 0.717) is 5.75 Å². The van der Waals surface area contributed by atoms with Crippen LogP contribution in [0.1, 0.15) is 0 Å². The summed E-state index contributed by atoms with van der Waals surface area (Å²) in [5.74, 6) is 0.258. The fraction of sp³-hybridized carbons (Fsp3) is 0.235. The minimum absolute atomic E-state index is 0.0206. The molecule has 0 unspecified atom stereocenters. The second-order valence-corrected chi connectivity index (χ2v) is 4.92. The van der Waals surface area contributed by atoms with E-state index < -0.39 is 5.43 Å². The molecule has 0 amide bonds. The summed E-state index contributed by atoms with van der Waals surface area (Å²) in [7, 11) is 5.60. The van der Waals surface area contributed by atoms with Crippen LogP contribution in [0.5, 0.6) is 28.7 Å². The summed E-state index contributed by atoms with van der Waals surface area (Å²) < 4.78 is 26.7. The van der Waals surface area contributed by atoms with E-state index in [4.69, 9.17) is 23.4 Å². The summed E-state index contributed by atoms with van der Waals surface area (Å²) in [6.45, 7) is 0. The lowest BCUT2D eigenvalue weighted by molar-refractivity contribution is 0.312. The number of phenols is 1. The normalized spacial score (nSPS) is 10.8. The highest BCUT2D eigenvalue weighted by molar-refractivity contribution is 6.01. The molecular formula is C17H16O7. The summed E-state index contributed by atoms with van der Waals surface area (Å²) in [5.41, 5.74) is -0.177. The molecular weight excluding hydrogens is 316 g/mol. The minimum Gasteiger partial charge on any atom is -0.502 e. The molecule has 0 atom stereocenters. The van der Waals surface area contributed by atoms with E-state index in [2.05, 4.69) is 0 Å². The van der Waals surface area contributed by atoms with Crippen LogP contribution in [-0.4, -0.2) is 33.5 Å². The first-order chi connectivity index (χ1) is 11.6. The van der Waals surface area contributed by atoms with Gasteiger partial charge in [-0.15, -0.1) is 0 Å². The molecule has 126 valence electrons. The van der Waals surface area contributed by atoms with Crippen molar-refractivity contribution in [2.45, 2.75) is 0 Å². The molecule has 0 aliphatic rings. The van der Waals surface area contributed by atoms with Gasteiger partial charge in [-0.3, -0.25) is 4.79 Å². The maximum absolute atomic E-state index is 13.0. The molecule has 0 spiro atoms. The van der Waals surface area contributed by atoms with Crippen molar-refractivity contribution in [3.05, 3.63) is 28.4 Å². The van der Waals surface area contributed by atoms with Crippen LogP contribution in [0, 0.1) is 0 Å². The Bertz CT molecular complexity index is 988. The van der Waals surface area contributed by atoms with Gasteiger partial charge in [-0.05, 0) is 12.1 Å². The van der Waals surface area contributed by atoms with Crippen molar-refractivity contribution >= 4 is 21.9 Å². The Hall–Kier alpha value is -3.09. The number of hydrogen-bond acceptors (Lipinski definition) is 7. The van der Waals surface area contributed by atoms with Gasteiger partial charge in [0.15, 0.2) is 11.3 Å². The van der Waals surface area contributed by atoms with Crippen molar-refractivity contribution < 1.29 is 28.5 Å². The highest BCUT2D eigenvalue weighted by Gasteiger charge is 2.27. The average molecular weight is 332 g/mol. The highest BCUT2D eigenvalue weighted by atomic mass is 16.5.